The maximum absolute atomic E-state index is 12.5. The summed E-state index contributed by atoms with van der Waals surface area (Å²) < 4.78 is 0. The van der Waals surface area contributed by atoms with Crippen LogP contribution in [-0.2, 0) is 16.0 Å². The van der Waals surface area contributed by atoms with E-state index in [0.29, 0.717) is 12.5 Å². The number of carbonyl (C=O) groups excluding carboxylic acids is 2. The van der Waals surface area contributed by atoms with E-state index < -0.39 is 6.04 Å². The zero-order valence-electron chi connectivity index (χ0n) is 15.8. The molecule has 1 aliphatic carbocycles. The number of nitrogens with one attached hydrogen (secondary N) is 2. The van der Waals surface area contributed by atoms with E-state index in [4.69, 9.17) is 0 Å². The summed E-state index contributed by atoms with van der Waals surface area (Å²) in [6.07, 6.45) is 4.88. The molecule has 0 heterocycles. The monoisotopic (exact) mass is 344 g/mol. The number of carbonyl (C=O) groups is 2. The molecule has 1 fully saturated rings. The minimum absolute atomic E-state index is 0.0452. The molecule has 25 heavy (non-hydrogen) atoms. The first-order valence-electron chi connectivity index (χ1n) is 9.59. The van der Waals surface area contributed by atoms with E-state index in [1.165, 1.54) is 5.56 Å². The first-order valence-corrected chi connectivity index (χ1v) is 9.59. The van der Waals surface area contributed by atoms with Gasteiger partial charge in [0.25, 0.3) is 0 Å². The minimum atomic E-state index is -0.456. The molecule has 0 radical (unpaired) electrons. The van der Waals surface area contributed by atoms with Crippen LogP contribution in [-0.4, -0.2) is 24.4 Å². The number of hydrogen-bond acceptors (Lipinski definition) is 2. The van der Waals surface area contributed by atoms with Crippen LogP contribution in [0.2, 0.25) is 0 Å². The second-order valence-electron chi connectivity index (χ2n) is 7.71. The molecule has 0 bridgehead atoms. The van der Waals surface area contributed by atoms with Crippen molar-refractivity contribution in [3.63, 3.8) is 0 Å². The smallest absolute Gasteiger partial charge is 0.242 e. The Hall–Kier alpha value is -1.84. The van der Waals surface area contributed by atoms with Gasteiger partial charge in [-0.25, -0.2) is 0 Å². The van der Waals surface area contributed by atoms with Crippen LogP contribution >= 0.6 is 0 Å². The van der Waals surface area contributed by atoms with Crippen molar-refractivity contribution in [1.29, 1.82) is 0 Å². The summed E-state index contributed by atoms with van der Waals surface area (Å²) in [7, 11) is 0. The molecule has 2 N–H and O–H groups in total. The Kier molecular flexibility index (Phi) is 7.48. The molecular weight excluding hydrogens is 312 g/mol. The molecule has 138 valence electrons. The fraction of sp³-hybridized carbons (Fsp3) is 0.619. The third kappa shape index (κ3) is 6.18. The summed E-state index contributed by atoms with van der Waals surface area (Å²) in [5.74, 6) is 0.816. The van der Waals surface area contributed by atoms with Crippen LogP contribution < -0.4 is 10.6 Å². The highest BCUT2D eigenvalue weighted by Crippen LogP contribution is 2.28. The molecule has 0 aliphatic heterocycles. The van der Waals surface area contributed by atoms with Crippen molar-refractivity contribution in [2.45, 2.75) is 58.9 Å². The van der Waals surface area contributed by atoms with Crippen LogP contribution in [0.25, 0.3) is 0 Å². The zero-order valence-corrected chi connectivity index (χ0v) is 15.8. The summed E-state index contributed by atoms with van der Waals surface area (Å²) in [5.41, 5.74) is 1.20. The van der Waals surface area contributed by atoms with E-state index in [9.17, 15) is 9.59 Å². The van der Waals surface area contributed by atoms with Gasteiger partial charge in [0.15, 0.2) is 0 Å². The van der Waals surface area contributed by atoms with Gasteiger partial charge >= 0.3 is 0 Å². The zero-order chi connectivity index (χ0) is 18.2. The summed E-state index contributed by atoms with van der Waals surface area (Å²) >= 11 is 0. The Morgan fingerprint density at radius 2 is 1.72 bits per heavy atom. The van der Waals surface area contributed by atoms with Gasteiger partial charge in [0.1, 0.15) is 6.04 Å². The van der Waals surface area contributed by atoms with Crippen LogP contribution in [0.4, 0.5) is 0 Å². The SMILES string of the molecule is CC1CCC(C(=O)N[C@@H](C(=O)NCCc2ccccc2)C(C)C)CC1. The molecule has 2 amide bonds. The Bertz CT molecular complexity index is 548. The number of benzene rings is 1. The summed E-state index contributed by atoms with van der Waals surface area (Å²) in [6, 6.07) is 9.63. The van der Waals surface area contributed by atoms with Gasteiger partial charge < -0.3 is 10.6 Å². The Morgan fingerprint density at radius 3 is 2.32 bits per heavy atom. The van der Waals surface area contributed by atoms with Gasteiger partial charge in [-0.15, -0.1) is 0 Å². The molecule has 4 heteroatoms. The molecule has 1 atom stereocenters. The van der Waals surface area contributed by atoms with Crippen molar-refractivity contribution in [3.05, 3.63) is 35.9 Å². The highest BCUT2D eigenvalue weighted by molar-refractivity contribution is 5.88. The second kappa shape index (κ2) is 9.59. The van der Waals surface area contributed by atoms with Gasteiger partial charge in [0.2, 0.25) is 11.8 Å². The molecule has 1 aromatic rings. The van der Waals surface area contributed by atoms with E-state index in [2.05, 4.69) is 29.7 Å². The molecule has 1 aromatic carbocycles. The Labute approximate surface area is 151 Å². The maximum Gasteiger partial charge on any atom is 0.242 e. The van der Waals surface area contributed by atoms with Crippen molar-refractivity contribution >= 4 is 11.8 Å². The number of hydrogen-bond donors (Lipinski definition) is 2. The predicted octanol–water partition coefficient (Wildman–Crippen LogP) is 3.31. The topological polar surface area (TPSA) is 58.2 Å². The highest BCUT2D eigenvalue weighted by atomic mass is 16.2. The van der Waals surface area contributed by atoms with E-state index >= 15 is 0 Å². The van der Waals surface area contributed by atoms with Crippen molar-refractivity contribution in [2.75, 3.05) is 6.54 Å². The third-order valence-corrected chi connectivity index (χ3v) is 5.19. The summed E-state index contributed by atoms with van der Waals surface area (Å²) in [5, 5.41) is 5.97. The van der Waals surface area contributed by atoms with E-state index in [-0.39, 0.29) is 23.7 Å². The van der Waals surface area contributed by atoms with Crippen molar-refractivity contribution in [1.82, 2.24) is 10.6 Å². The van der Waals surface area contributed by atoms with Crippen LogP contribution in [0.15, 0.2) is 30.3 Å². The lowest BCUT2D eigenvalue weighted by molar-refractivity contribution is -0.132. The van der Waals surface area contributed by atoms with E-state index in [1.54, 1.807) is 0 Å². The Balaban J connectivity index is 1.82. The first-order chi connectivity index (χ1) is 12.0. The summed E-state index contributed by atoms with van der Waals surface area (Å²) in [6.45, 7) is 6.78. The predicted molar refractivity (Wildman–Crippen MR) is 101 cm³/mol. The maximum atomic E-state index is 12.5. The molecule has 1 aliphatic rings. The van der Waals surface area contributed by atoms with Crippen molar-refractivity contribution in [3.8, 4) is 0 Å². The molecule has 1 saturated carbocycles. The quantitative estimate of drug-likeness (QED) is 0.797. The largest absolute Gasteiger partial charge is 0.354 e. The van der Waals surface area contributed by atoms with Gasteiger partial charge in [-0.1, -0.05) is 51.1 Å². The first kappa shape index (κ1) is 19.5. The lowest BCUT2D eigenvalue weighted by Gasteiger charge is -2.28. The molecule has 0 aromatic heterocycles. The molecule has 0 saturated heterocycles. The molecule has 0 spiro atoms. The van der Waals surface area contributed by atoms with Crippen LogP contribution in [0.5, 0.6) is 0 Å². The van der Waals surface area contributed by atoms with Gasteiger partial charge in [-0.3, -0.25) is 9.59 Å². The number of rotatable bonds is 7. The Morgan fingerprint density at radius 1 is 1.08 bits per heavy atom. The number of amides is 2. The van der Waals surface area contributed by atoms with Crippen molar-refractivity contribution in [2.24, 2.45) is 17.8 Å². The lowest BCUT2D eigenvalue weighted by atomic mass is 9.82. The molecular formula is C21H32N2O2. The molecule has 2 rings (SSSR count). The van der Waals surface area contributed by atoms with Crippen LogP contribution in [0, 0.1) is 17.8 Å². The standard InChI is InChI=1S/C21H32N2O2/c1-15(2)19(23-20(24)18-11-9-16(3)10-12-18)21(25)22-14-13-17-7-5-4-6-8-17/h4-8,15-16,18-19H,9-14H2,1-3H3,(H,22,25)(H,23,24)/t16?,18?,19-/m1/s1. The minimum Gasteiger partial charge on any atom is -0.354 e. The molecule has 0 unspecified atom stereocenters. The normalized spacial score (nSPS) is 21.6. The van der Waals surface area contributed by atoms with Crippen molar-refractivity contribution < 1.29 is 9.59 Å². The van der Waals surface area contributed by atoms with Gasteiger partial charge in [0, 0.05) is 12.5 Å². The van der Waals surface area contributed by atoms with Crippen LogP contribution in [0.1, 0.15) is 52.0 Å². The fourth-order valence-electron chi connectivity index (χ4n) is 3.41. The average molecular weight is 344 g/mol. The van der Waals surface area contributed by atoms with E-state index in [0.717, 1.165) is 32.1 Å². The lowest BCUT2D eigenvalue weighted by Crippen LogP contribution is -2.51. The van der Waals surface area contributed by atoms with Gasteiger partial charge in [0.05, 0.1) is 0 Å². The third-order valence-electron chi connectivity index (χ3n) is 5.19. The average Bonchev–Trinajstić information content (AvgIpc) is 2.60. The fourth-order valence-corrected chi connectivity index (χ4v) is 3.41. The summed E-state index contributed by atoms with van der Waals surface area (Å²) in [4.78, 5) is 25.0. The molecule has 4 nitrogen and oxygen atoms in total. The van der Waals surface area contributed by atoms with E-state index in [1.807, 2.05) is 32.0 Å². The van der Waals surface area contributed by atoms with Gasteiger partial charge in [-0.05, 0) is 49.5 Å². The van der Waals surface area contributed by atoms with Crippen LogP contribution in [0.3, 0.4) is 0 Å². The highest BCUT2D eigenvalue weighted by Gasteiger charge is 2.29. The second-order valence-corrected chi connectivity index (χ2v) is 7.71. The van der Waals surface area contributed by atoms with Gasteiger partial charge in [-0.2, -0.15) is 0 Å².